The van der Waals surface area contributed by atoms with Gasteiger partial charge < -0.3 is 4.42 Å². The lowest BCUT2D eigenvalue weighted by atomic mass is 10.0. The molecule has 0 N–H and O–H groups in total. The maximum atomic E-state index is 9.44. The highest BCUT2D eigenvalue weighted by Gasteiger charge is 2.17. The molecule has 0 saturated carbocycles. The van der Waals surface area contributed by atoms with Crippen LogP contribution in [0.4, 0.5) is 0 Å². The van der Waals surface area contributed by atoms with Crippen molar-refractivity contribution in [2.75, 3.05) is 0 Å². The molecule has 0 saturated heterocycles. The van der Waals surface area contributed by atoms with Crippen molar-refractivity contribution >= 4 is 21.9 Å². The van der Waals surface area contributed by atoms with Crippen LogP contribution in [-0.2, 0) is 0 Å². The first-order valence-electron chi connectivity index (χ1n) is 7.06. The number of nitrogens with zero attached hydrogens (tertiary/aromatic N) is 2. The summed E-state index contributed by atoms with van der Waals surface area (Å²) in [7, 11) is 0. The van der Waals surface area contributed by atoms with E-state index in [1.54, 1.807) is 6.20 Å². The van der Waals surface area contributed by atoms with Crippen molar-refractivity contribution in [2.24, 2.45) is 0 Å². The second-order valence-electron chi connectivity index (χ2n) is 5.25. The second-order valence-corrected chi connectivity index (χ2v) is 5.25. The van der Waals surface area contributed by atoms with Crippen molar-refractivity contribution in [3.8, 4) is 17.3 Å². The molecule has 0 fully saturated rings. The Labute approximate surface area is 127 Å². The highest BCUT2D eigenvalue weighted by atomic mass is 16.3. The molecule has 0 radical (unpaired) electrons. The van der Waals surface area contributed by atoms with Crippen molar-refractivity contribution in [1.82, 2.24) is 4.98 Å². The molecule has 0 aliphatic heterocycles. The summed E-state index contributed by atoms with van der Waals surface area (Å²) >= 11 is 0. The van der Waals surface area contributed by atoms with E-state index < -0.39 is 0 Å². The molecule has 0 aliphatic rings. The van der Waals surface area contributed by atoms with Crippen molar-refractivity contribution in [3.05, 3.63) is 65.9 Å². The molecular weight excluding hydrogens is 272 g/mol. The molecule has 0 aliphatic carbocycles. The van der Waals surface area contributed by atoms with Crippen LogP contribution in [0.3, 0.4) is 0 Å². The third kappa shape index (κ3) is 1.71. The number of nitriles is 1. The molecular formula is C19H12N2O. The van der Waals surface area contributed by atoms with Crippen LogP contribution in [0.15, 0.2) is 59.1 Å². The van der Waals surface area contributed by atoms with Gasteiger partial charge in [0.2, 0.25) is 0 Å². The fraction of sp³-hybridized carbons (Fsp3) is 0.0526. The molecule has 22 heavy (non-hydrogen) atoms. The van der Waals surface area contributed by atoms with E-state index in [4.69, 9.17) is 4.42 Å². The lowest BCUT2D eigenvalue weighted by Gasteiger charge is -2.02. The molecule has 2 aromatic heterocycles. The summed E-state index contributed by atoms with van der Waals surface area (Å²) in [5, 5.41) is 11.3. The number of rotatable bonds is 1. The topological polar surface area (TPSA) is 49.8 Å². The number of fused-ring (bicyclic) bond motifs is 3. The molecule has 0 amide bonds. The van der Waals surface area contributed by atoms with E-state index in [0.717, 1.165) is 38.8 Å². The number of hydrogen-bond donors (Lipinski definition) is 0. The van der Waals surface area contributed by atoms with Crippen LogP contribution >= 0.6 is 0 Å². The van der Waals surface area contributed by atoms with Gasteiger partial charge in [-0.15, -0.1) is 0 Å². The third-order valence-corrected chi connectivity index (χ3v) is 3.90. The monoisotopic (exact) mass is 284 g/mol. The summed E-state index contributed by atoms with van der Waals surface area (Å²) < 4.78 is 6.12. The SMILES string of the molecule is Cc1cccc2c1oc1c(-c3ccccn3)ccc(C#N)c12. The van der Waals surface area contributed by atoms with Crippen molar-refractivity contribution < 1.29 is 4.42 Å². The van der Waals surface area contributed by atoms with Gasteiger partial charge in [0.05, 0.1) is 17.3 Å². The molecule has 0 bridgehead atoms. The molecule has 3 heteroatoms. The number of pyridine rings is 1. The van der Waals surface area contributed by atoms with Gasteiger partial charge in [-0.25, -0.2) is 0 Å². The minimum atomic E-state index is 0.624. The Balaban J connectivity index is 2.20. The van der Waals surface area contributed by atoms with E-state index >= 15 is 0 Å². The summed E-state index contributed by atoms with van der Waals surface area (Å²) in [6.07, 6.45) is 1.76. The van der Waals surface area contributed by atoms with Gasteiger partial charge in [0, 0.05) is 22.5 Å². The van der Waals surface area contributed by atoms with Crippen molar-refractivity contribution in [2.45, 2.75) is 6.92 Å². The Bertz CT molecular complexity index is 1040. The number of benzene rings is 2. The minimum absolute atomic E-state index is 0.624. The molecule has 2 heterocycles. The minimum Gasteiger partial charge on any atom is -0.455 e. The smallest absolute Gasteiger partial charge is 0.146 e. The van der Waals surface area contributed by atoms with Crippen LogP contribution in [0.1, 0.15) is 11.1 Å². The summed E-state index contributed by atoms with van der Waals surface area (Å²) in [6, 6.07) is 17.8. The van der Waals surface area contributed by atoms with Crippen LogP contribution in [0.25, 0.3) is 33.2 Å². The molecule has 0 unspecified atom stereocenters. The van der Waals surface area contributed by atoms with Crippen LogP contribution in [0.5, 0.6) is 0 Å². The van der Waals surface area contributed by atoms with Crippen LogP contribution in [0.2, 0.25) is 0 Å². The summed E-state index contributed by atoms with van der Waals surface area (Å²) in [6.45, 7) is 2.01. The average Bonchev–Trinajstić information content (AvgIpc) is 2.96. The fourth-order valence-corrected chi connectivity index (χ4v) is 2.86. The van der Waals surface area contributed by atoms with E-state index in [0.29, 0.717) is 5.56 Å². The Morgan fingerprint density at radius 2 is 1.91 bits per heavy atom. The third-order valence-electron chi connectivity index (χ3n) is 3.90. The van der Waals surface area contributed by atoms with Crippen LogP contribution < -0.4 is 0 Å². The van der Waals surface area contributed by atoms with Gasteiger partial charge in [0.25, 0.3) is 0 Å². The normalized spacial score (nSPS) is 10.9. The van der Waals surface area contributed by atoms with E-state index in [1.807, 2.05) is 55.5 Å². The molecule has 2 aromatic carbocycles. The molecule has 3 nitrogen and oxygen atoms in total. The lowest BCUT2D eigenvalue weighted by Crippen LogP contribution is -1.85. The quantitative estimate of drug-likeness (QED) is 0.503. The zero-order valence-electron chi connectivity index (χ0n) is 12.0. The van der Waals surface area contributed by atoms with Crippen LogP contribution in [-0.4, -0.2) is 4.98 Å². The van der Waals surface area contributed by atoms with Gasteiger partial charge in [0.1, 0.15) is 11.2 Å². The fourth-order valence-electron chi connectivity index (χ4n) is 2.86. The van der Waals surface area contributed by atoms with Gasteiger partial charge in [-0.2, -0.15) is 5.26 Å². The Morgan fingerprint density at radius 3 is 2.68 bits per heavy atom. The first-order chi connectivity index (χ1) is 10.8. The molecule has 4 rings (SSSR count). The number of furan rings is 1. The van der Waals surface area contributed by atoms with Crippen molar-refractivity contribution in [1.29, 1.82) is 5.26 Å². The largest absolute Gasteiger partial charge is 0.455 e. The summed E-state index contributed by atoms with van der Waals surface area (Å²) in [5.74, 6) is 0. The van der Waals surface area contributed by atoms with E-state index in [1.165, 1.54) is 0 Å². The van der Waals surface area contributed by atoms with E-state index in [2.05, 4.69) is 11.1 Å². The van der Waals surface area contributed by atoms with Gasteiger partial charge in [-0.05, 0) is 36.8 Å². The Morgan fingerprint density at radius 1 is 1.00 bits per heavy atom. The number of hydrogen-bond acceptors (Lipinski definition) is 3. The van der Waals surface area contributed by atoms with Gasteiger partial charge in [-0.3, -0.25) is 4.98 Å². The number of aryl methyl sites for hydroxylation is 1. The first kappa shape index (κ1) is 12.6. The molecule has 0 spiro atoms. The summed E-state index contributed by atoms with van der Waals surface area (Å²) in [4.78, 5) is 4.40. The first-order valence-corrected chi connectivity index (χ1v) is 7.06. The maximum absolute atomic E-state index is 9.44. The standard InChI is InChI=1S/C19H12N2O/c1-12-5-4-6-15-17-13(11-20)8-9-14(19(17)22-18(12)15)16-7-2-3-10-21-16/h2-10H,1H3. The highest BCUT2D eigenvalue weighted by molar-refractivity contribution is 6.12. The number of aromatic nitrogens is 1. The number of para-hydroxylation sites is 1. The average molecular weight is 284 g/mol. The Kier molecular flexibility index (Phi) is 2.70. The molecule has 104 valence electrons. The zero-order valence-corrected chi connectivity index (χ0v) is 12.0. The predicted molar refractivity (Wildman–Crippen MR) is 86.4 cm³/mol. The van der Waals surface area contributed by atoms with Gasteiger partial charge in [-0.1, -0.05) is 24.3 Å². The molecule has 4 aromatic rings. The van der Waals surface area contributed by atoms with Crippen molar-refractivity contribution in [3.63, 3.8) is 0 Å². The highest BCUT2D eigenvalue weighted by Crippen LogP contribution is 2.38. The lowest BCUT2D eigenvalue weighted by molar-refractivity contribution is 0.666. The zero-order chi connectivity index (χ0) is 15.1. The Hall–Kier alpha value is -3.12. The maximum Gasteiger partial charge on any atom is 0.146 e. The van der Waals surface area contributed by atoms with Gasteiger partial charge >= 0.3 is 0 Å². The van der Waals surface area contributed by atoms with E-state index in [9.17, 15) is 5.26 Å². The van der Waals surface area contributed by atoms with Gasteiger partial charge in [0.15, 0.2) is 0 Å². The predicted octanol–water partition coefficient (Wildman–Crippen LogP) is 4.83. The van der Waals surface area contributed by atoms with Crippen LogP contribution in [0, 0.1) is 18.3 Å². The second kappa shape index (κ2) is 4.71. The summed E-state index contributed by atoms with van der Waals surface area (Å²) in [5.41, 5.74) is 4.99. The van der Waals surface area contributed by atoms with E-state index in [-0.39, 0.29) is 0 Å². The molecule has 0 atom stereocenters.